The van der Waals surface area contributed by atoms with Gasteiger partial charge in [0.2, 0.25) is 5.91 Å². The van der Waals surface area contributed by atoms with Crippen molar-refractivity contribution in [2.24, 2.45) is 5.73 Å². The lowest BCUT2D eigenvalue weighted by Crippen LogP contribution is -2.11. The molecule has 8 heteroatoms. The molecule has 0 saturated heterocycles. The van der Waals surface area contributed by atoms with Gasteiger partial charge < -0.3 is 19.9 Å². The first-order chi connectivity index (χ1) is 17.9. The second kappa shape index (κ2) is 10.3. The Morgan fingerprint density at radius 2 is 1.76 bits per heavy atom. The van der Waals surface area contributed by atoms with Gasteiger partial charge in [-0.1, -0.05) is 35.9 Å². The smallest absolute Gasteiger partial charge is 0.248 e. The van der Waals surface area contributed by atoms with E-state index in [1.54, 1.807) is 24.3 Å². The number of hydrogen-bond acceptors (Lipinski definition) is 5. The van der Waals surface area contributed by atoms with E-state index < -0.39 is 5.91 Å². The molecule has 0 fully saturated rings. The Bertz CT molecular complexity index is 1560. The molecule has 37 heavy (non-hydrogen) atoms. The number of carbonyl (C=O) groups is 1. The van der Waals surface area contributed by atoms with E-state index in [1.165, 1.54) is 0 Å². The number of nitrogens with two attached hydrogens (primary N) is 1. The van der Waals surface area contributed by atoms with Crippen molar-refractivity contribution >= 4 is 34.4 Å². The first kappa shape index (κ1) is 24.3. The number of pyridine rings is 1. The van der Waals surface area contributed by atoms with E-state index in [2.05, 4.69) is 27.8 Å². The Morgan fingerprint density at radius 1 is 1.00 bits per heavy atom. The number of aromatic nitrogens is 3. The molecule has 7 nitrogen and oxygen atoms in total. The van der Waals surface area contributed by atoms with Gasteiger partial charge in [0.25, 0.3) is 0 Å². The molecule has 3 aromatic carbocycles. The number of primary amides is 1. The number of anilines is 1. The predicted octanol–water partition coefficient (Wildman–Crippen LogP) is 5.54. The molecule has 0 spiro atoms. The van der Waals surface area contributed by atoms with Crippen molar-refractivity contribution in [2.75, 3.05) is 19.0 Å². The van der Waals surface area contributed by atoms with E-state index in [9.17, 15) is 4.79 Å². The maximum Gasteiger partial charge on any atom is 0.248 e. The molecular formula is C29H26ClN5O2. The molecule has 0 radical (unpaired) electrons. The predicted molar refractivity (Wildman–Crippen MR) is 147 cm³/mol. The Labute approximate surface area is 220 Å². The van der Waals surface area contributed by atoms with E-state index in [-0.39, 0.29) is 6.61 Å². The summed E-state index contributed by atoms with van der Waals surface area (Å²) < 4.78 is 8.16. The molecular weight excluding hydrogens is 486 g/mol. The average molecular weight is 512 g/mol. The summed E-state index contributed by atoms with van der Waals surface area (Å²) in [4.78, 5) is 22.8. The number of carbonyl (C=O) groups excluding carboxylic acids is 1. The molecule has 2 heterocycles. The molecule has 0 saturated carbocycles. The van der Waals surface area contributed by atoms with Crippen LogP contribution in [-0.2, 0) is 13.2 Å². The minimum absolute atomic E-state index is 0.240. The van der Waals surface area contributed by atoms with E-state index in [0.29, 0.717) is 22.9 Å². The Morgan fingerprint density at radius 3 is 2.43 bits per heavy atom. The molecule has 0 atom stereocenters. The zero-order valence-electron chi connectivity index (χ0n) is 20.6. The lowest BCUT2D eigenvalue weighted by Gasteiger charge is -2.13. The van der Waals surface area contributed by atoms with Crippen LogP contribution in [-0.4, -0.2) is 34.5 Å². The van der Waals surface area contributed by atoms with Gasteiger partial charge in [0.15, 0.2) is 0 Å². The van der Waals surface area contributed by atoms with E-state index in [4.69, 9.17) is 27.1 Å². The molecule has 2 N–H and O–H groups in total. The van der Waals surface area contributed by atoms with Crippen molar-refractivity contribution in [3.63, 3.8) is 0 Å². The lowest BCUT2D eigenvalue weighted by atomic mass is 10.1. The van der Waals surface area contributed by atoms with Crippen LogP contribution in [0.1, 0.15) is 21.7 Å². The summed E-state index contributed by atoms with van der Waals surface area (Å²) in [5, 5.41) is 0.692. The van der Waals surface area contributed by atoms with Gasteiger partial charge >= 0.3 is 0 Å². The fourth-order valence-corrected chi connectivity index (χ4v) is 4.32. The highest BCUT2D eigenvalue weighted by atomic mass is 35.5. The maximum absolute atomic E-state index is 11.4. The molecule has 1 amide bonds. The number of rotatable bonds is 8. The van der Waals surface area contributed by atoms with Crippen LogP contribution >= 0.6 is 11.6 Å². The van der Waals surface area contributed by atoms with Gasteiger partial charge in [-0.2, -0.15) is 0 Å². The number of fused-ring (bicyclic) bond motifs is 1. The topological polar surface area (TPSA) is 86.3 Å². The van der Waals surface area contributed by atoms with Crippen molar-refractivity contribution in [2.45, 2.75) is 13.2 Å². The summed E-state index contributed by atoms with van der Waals surface area (Å²) in [5.41, 5.74) is 10.6. The fourth-order valence-electron chi connectivity index (χ4n) is 4.12. The minimum Gasteiger partial charge on any atom is -0.486 e. The largest absolute Gasteiger partial charge is 0.486 e. The number of nitrogens with zero attached hydrogens (tertiary/aromatic N) is 4. The fraction of sp³-hybridized carbons (Fsp3) is 0.138. The van der Waals surface area contributed by atoms with Crippen LogP contribution < -0.4 is 15.4 Å². The zero-order chi connectivity index (χ0) is 25.9. The summed E-state index contributed by atoms with van der Waals surface area (Å²) >= 11 is 6.51. The van der Waals surface area contributed by atoms with E-state index in [1.807, 2.05) is 61.6 Å². The van der Waals surface area contributed by atoms with Crippen molar-refractivity contribution in [3.05, 3.63) is 107 Å². The Balaban J connectivity index is 1.51. The number of halogens is 1. The molecule has 5 rings (SSSR count). The number of amides is 1. The third kappa shape index (κ3) is 5.27. The van der Waals surface area contributed by atoms with Crippen LogP contribution in [0, 0.1) is 0 Å². The van der Waals surface area contributed by atoms with Crippen molar-refractivity contribution < 1.29 is 9.53 Å². The first-order valence-corrected chi connectivity index (χ1v) is 12.2. The molecule has 0 bridgehead atoms. The minimum atomic E-state index is -0.476. The quantitative estimate of drug-likeness (QED) is 0.295. The number of benzene rings is 3. The number of ether oxygens (including phenoxy) is 1. The highest BCUT2D eigenvalue weighted by molar-refractivity contribution is 6.31. The van der Waals surface area contributed by atoms with Crippen LogP contribution in [0.2, 0.25) is 5.02 Å². The van der Waals surface area contributed by atoms with Crippen LogP contribution in [0.4, 0.5) is 5.82 Å². The van der Waals surface area contributed by atoms with Crippen molar-refractivity contribution in [3.8, 4) is 16.9 Å². The van der Waals surface area contributed by atoms with Gasteiger partial charge in [0.1, 0.15) is 24.0 Å². The van der Waals surface area contributed by atoms with Gasteiger partial charge in [-0.05, 0) is 65.7 Å². The average Bonchev–Trinajstić information content (AvgIpc) is 3.25. The van der Waals surface area contributed by atoms with Gasteiger partial charge in [0.05, 0.1) is 17.6 Å². The Kier molecular flexibility index (Phi) is 6.79. The van der Waals surface area contributed by atoms with Crippen LogP contribution in [0.3, 0.4) is 0 Å². The van der Waals surface area contributed by atoms with Gasteiger partial charge in [-0.3, -0.25) is 4.79 Å². The maximum atomic E-state index is 11.4. The van der Waals surface area contributed by atoms with E-state index >= 15 is 0 Å². The van der Waals surface area contributed by atoms with Gasteiger partial charge in [-0.15, -0.1) is 0 Å². The molecule has 0 aliphatic heterocycles. The van der Waals surface area contributed by atoms with Crippen molar-refractivity contribution in [1.29, 1.82) is 0 Å². The summed E-state index contributed by atoms with van der Waals surface area (Å²) in [6, 6.07) is 24.8. The summed E-state index contributed by atoms with van der Waals surface area (Å²) in [6.45, 7) is 0.778. The highest BCUT2D eigenvalue weighted by Crippen LogP contribution is 2.28. The van der Waals surface area contributed by atoms with Gasteiger partial charge in [0, 0.05) is 36.4 Å². The summed E-state index contributed by atoms with van der Waals surface area (Å²) in [6.07, 6.45) is 1.88. The molecule has 2 aromatic heterocycles. The SMILES string of the molecule is CN(C)c1ccc(-c2ccc3nc(COc4ccc(C(N)=O)cc4)n(Cc4ccccc4Cl)c3c2)cn1. The molecule has 5 aromatic rings. The standard InChI is InChI=1S/C29H26ClN5O2/c1-34(2)27-14-10-21(16-32-27)20-9-13-25-26(15-20)35(17-22-5-3-4-6-24(22)30)28(33-25)18-37-23-11-7-19(8-12-23)29(31)36/h3-16H,17-18H2,1-2H3,(H2,31,36). The lowest BCUT2D eigenvalue weighted by molar-refractivity contribution is 0.1000. The van der Waals surface area contributed by atoms with Gasteiger partial charge in [-0.25, -0.2) is 9.97 Å². The highest BCUT2D eigenvalue weighted by Gasteiger charge is 2.15. The Hall–Kier alpha value is -4.36. The second-order valence-corrected chi connectivity index (χ2v) is 9.29. The molecule has 186 valence electrons. The van der Waals surface area contributed by atoms with Crippen LogP contribution in [0.25, 0.3) is 22.2 Å². The number of imidazole rings is 1. The second-order valence-electron chi connectivity index (χ2n) is 8.89. The third-order valence-electron chi connectivity index (χ3n) is 6.16. The van der Waals surface area contributed by atoms with Crippen LogP contribution in [0.5, 0.6) is 5.75 Å². The van der Waals surface area contributed by atoms with Crippen LogP contribution in [0.15, 0.2) is 85.1 Å². The monoisotopic (exact) mass is 511 g/mol. The van der Waals surface area contributed by atoms with Crippen molar-refractivity contribution in [1.82, 2.24) is 14.5 Å². The molecule has 0 aliphatic carbocycles. The summed E-state index contributed by atoms with van der Waals surface area (Å²) in [5.74, 6) is 1.80. The normalized spacial score (nSPS) is 11.0. The third-order valence-corrected chi connectivity index (χ3v) is 6.53. The number of hydrogen-bond donors (Lipinski definition) is 1. The molecule has 0 aliphatic rings. The summed E-state index contributed by atoms with van der Waals surface area (Å²) in [7, 11) is 3.94. The first-order valence-electron chi connectivity index (χ1n) is 11.8. The van der Waals surface area contributed by atoms with E-state index in [0.717, 1.165) is 39.4 Å². The zero-order valence-corrected chi connectivity index (χ0v) is 21.3. The molecule has 0 unspecified atom stereocenters.